The number of benzene rings is 1. The van der Waals surface area contributed by atoms with Gasteiger partial charge in [-0.15, -0.1) is 0 Å². The van der Waals surface area contributed by atoms with Crippen LogP contribution in [-0.4, -0.2) is 68.7 Å². The average Bonchev–Trinajstić information content (AvgIpc) is 3.13. The lowest BCUT2D eigenvalue weighted by Crippen LogP contribution is -2.12. The highest BCUT2D eigenvalue weighted by atomic mass is 32.2. The molecule has 0 radical (unpaired) electrons. The number of H-pyrrole nitrogens is 1. The van der Waals surface area contributed by atoms with E-state index in [0.717, 1.165) is 6.26 Å². The zero-order valence-corrected chi connectivity index (χ0v) is 17.4. The van der Waals surface area contributed by atoms with Crippen LogP contribution in [0, 0.1) is 0 Å². The highest BCUT2D eigenvalue weighted by molar-refractivity contribution is 7.91. The van der Waals surface area contributed by atoms with E-state index in [1.807, 2.05) is 0 Å². The van der Waals surface area contributed by atoms with Gasteiger partial charge in [-0.3, -0.25) is 0 Å². The van der Waals surface area contributed by atoms with Gasteiger partial charge >= 0.3 is 15.3 Å². The van der Waals surface area contributed by atoms with Crippen molar-refractivity contribution in [2.24, 2.45) is 0 Å². The molecule has 0 bridgehead atoms. The van der Waals surface area contributed by atoms with Gasteiger partial charge in [-0.05, 0) is 12.1 Å². The molecule has 0 aliphatic heterocycles. The van der Waals surface area contributed by atoms with Crippen molar-refractivity contribution in [3.63, 3.8) is 0 Å². The van der Waals surface area contributed by atoms with Gasteiger partial charge in [0.25, 0.3) is 0 Å². The molecule has 9 nitrogen and oxygen atoms in total. The van der Waals surface area contributed by atoms with Crippen molar-refractivity contribution >= 4 is 21.3 Å². The largest absolute Gasteiger partial charge is 0.609 e. The van der Waals surface area contributed by atoms with Gasteiger partial charge in [0.2, 0.25) is 0 Å². The molecule has 1 aromatic carbocycles. The molecule has 1 aromatic heterocycles. The number of para-hydroxylation sites is 1. The first-order valence-electron chi connectivity index (χ1n) is 8.48. The number of hydrogen-bond acceptors (Lipinski definition) is 8. The predicted octanol–water partition coefficient (Wildman–Crippen LogP) is 1.55. The summed E-state index contributed by atoms with van der Waals surface area (Å²) in [5.41, 5.74) is 0.939. The maximum atomic E-state index is 12.4. The van der Waals surface area contributed by atoms with Crippen molar-refractivity contribution in [2.75, 3.05) is 45.7 Å². The SMILES string of the molecule is COCCOCOCCC[S@+]([O-])c1nc(-c2ccccc2OS(C)(=O)=O)c[nH]1. The van der Waals surface area contributed by atoms with Crippen LogP contribution in [0.4, 0.5) is 0 Å². The van der Waals surface area contributed by atoms with E-state index < -0.39 is 21.3 Å². The summed E-state index contributed by atoms with van der Waals surface area (Å²) in [5.74, 6) is 0.530. The average molecular weight is 433 g/mol. The second kappa shape index (κ2) is 11.4. The van der Waals surface area contributed by atoms with Gasteiger partial charge in [-0.1, -0.05) is 12.1 Å². The number of aromatic amines is 1. The molecule has 11 heteroatoms. The van der Waals surface area contributed by atoms with Crippen LogP contribution in [-0.2, 0) is 35.5 Å². The number of aromatic nitrogens is 2. The van der Waals surface area contributed by atoms with Crippen molar-refractivity contribution < 1.29 is 31.4 Å². The summed E-state index contributed by atoms with van der Waals surface area (Å²) < 4.78 is 55.5. The lowest BCUT2D eigenvalue weighted by Gasteiger charge is -2.08. The van der Waals surface area contributed by atoms with Crippen LogP contribution in [0.1, 0.15) is 6.42 Å². The molecule has 2 aromatic rings. The summed E-state index contributed by atoms with van der Waals surface area (Å²) in [6.45, 7) is 1.55. The van der Waals surface area contributed by atoms with Crippen LogP contribution in [0.3, 0.4) is 0 Å². The second-order valence-corrected chi connectivity index (χ2v) is 8.77. The summed E-state index contributed by atoms with van der Waals surface area (Å²) in [4.78, 5) is 7.18. The number of nitrogens with one attached hydrogen (secondary N) is 1. The first-order valence-corrected chi connectivity index (χ1v) is 11.6. The molecule has 156 valence electrons. The highest BCUT2D eigenvalue weighted by Crippen LogP contribution is 2.30. The fourth-order valence-corrected chi connectivity index (χ4v) is 3.62. The molecule has 0 saturated heterocycles. The zero-order chi connectivity index (χ0) is 20.4. The van der Waals surface area contributed by atoms with E-state index in [0.29, 0.717) is 48.4 Å². The minimum Gasteiger partial charge on any atom is -0.609 e. The third-order valence-corrected chi connectivity index (χ3v) is 5.17. The second-order valence-electron chi connectivity index (χ2n) is 5.70. The number of nitrogens with zero attached hydrogens (tertiary/aromatic N) is 1. The molecule has 1 N–H and O–H groups in total. The molecule has 0 amide bonds. The number of ether oxygens (including phenoxy) is 3. The van der Waals surface area contributed by atoms with Gasteiger partial charge in [0.15, 0.2) is 5.75 Å². The minimum absolute atomic E-state index is 0.163. The Hall–Kier alpha value is -1.63. The lowest BCUT2D eigenvalue weighted by molar-refractivity contribution is -0.0652. The predicted molar refractivity (Wildman–Crippen MR) is 104 cm³/mol. The molecule has 1 atom stereocenters. The molecule has 0 aliphatic carbocycles. The molecule has 2 rings (SSSR count). The molecule has 1 heterocycles. The van der Waals surface area contributed by atoms with E-state index in [4.69, 9.17) is 18.4 Å². The number of imidazole rings is 1. The lowest BCUT2D eigenvalue weighted by atomic mass is 10.1. The Morgan fingerprint density at radius 2 is 1.93 bits per heavy atom. The first-order chi connectivity index (χ1) is 13.4. The monoisotopic (exact) mass is 432 g/mol. The molecule has 0 aliphatic rings. The quantitative estimate of drug-likeness (QED) is 0.219. The number of rotatable bonds is 13. The van der Waals surface area contributed by atoms with Crippen molar-refractivity contribution in [3.8, 4) is 17.0 Å². The summed E-state index contributed by atoms with van der Waals surface area (Å²) in [6, 6.07) is 6.62. The third-order valence-electron chi connectivity index (χ3n) is 3.39. The van der Waals surface area contributed by atoms with Gasteiger partial charge < -0.3 is 27.9 Å². The summed E-state index contributed by atoms with van der Waals surface area (Å²) in [6.07, 6.45) is 3.11. The smallest absolute Gasteiger partial charge is 0.321 e. The molecule has 0 unspecified atom stereocenters. The van der Waals surface area contributed by atoms with Crippen molar-refractivity contribution in [2.45, 2.75) is 11.6 Å². The van der Waals surface area contributed by atoms with Crippen LogP contribution in [0.2, 0.25) is 0 Å². The Labute approximate surface area is 167 Å². The van der Waals surface area contributed by atoms with E-state index in [2.05, 4.69) is 9.97 Å². The van der Waals surface area contributed by atoms with E-state index in [9.17, 15) is 13.0 Å². The van der Waals surface area contributed by atoms with Crippen LogP contribution in [0.15, 0.2) is 35.6 Å². The van der Waals surface area contributed by atoms with Crippen molar-refractivity contribution in [1.29, 1.82) is 0 Å². The fraction of sp³-hybridized carbons (Fsp3) is 0.471. The van der Waals surface area contributed by atoms with Crippen LogP contribution in [0.5, 0.6) is 5.75 Å². The molecule has 28 heavy (non-hydrogen) atoms. The van der Waals surface area contributed by atoms with Crippen LogP contribution in [0.25, 0.3) is 11.3 Å². The number of hydrogen-bond donors (Lipinski definition) is 1. The van der Waals surface area contributed by atoms with Gasteiger partial charge in [-0.25, -0.2) is 0 Å². The van der Waals surface area contributed by atoms with Gasteiger partial charge in [0.1, 0.15) is 12.5 Å². The normalized spacial score (nSPS) is 12.8. The van der Waals surface area contributed by atoms with Gasteiger partial charge in [-0.2, -0.15) is 13.4 Å². The fourth-order valence-electron chi connectivity index (χ4n) is 2.18. The van der Waals surface area contributed by atoms with E-state index >= 15 is 0 Å². The van der Waals surface area contributed by atoms with Crippen LogP contribution >= 0.6 is 0 Å². The Morgan fingerprint density at radius 1 is 1.18 bits per heavy atom. The Bertz CT molecular complexity index is 826. The summed E-state index contributed by atoms with van der Waals surface area (Å²) >= 11 is -1.34. The van der Waals surface area contributed by atoms with Crippen LogP contribution < -0.4 is 4.18 Å². The molecular formula is C17H24N2O7S2. The maximum Gasteiger partial charge on any atom is 0.321 e. The number of methoxy groups -OCH3 is 1. The van der Waals surface area contributed by atoms with Gasteiger partial charge in [0.05, 0.1) is 31.8 Å². The standard InChI is InChI=1S/C17H24N2O7S2/c1-23-9-10-25-13-24-8-5-11-27(20)17-18-12-15(19-17)14-6-3-4-7-16(14)26-28(2,21)22/h3-4,6-7,12H,5,8-11,13H2,1-2H3,(H,18,19)/t27-/m0/s1. The molecule has 0 spiro atoms. The summed E-state index contributed by atoms with van der Waals surface area (Å²) in [5, 5.41) is 0.306. The molecular weight excluding hydrogens is 408 g/mol. The van der Waals surface area contributed by atoms with E-state index in [1.54, 1.807) is 31.5 Å². The van der Waals surface area contributed by atoms with Crippen molar-refractivity contribution in [3.05, 3.63) is 30.5 Å². The Balaban J connectivity index is 1.87. The third kappa shape index (κ3) is 7.78. The Morgan fingerprint density at radius 3 is 2.68 bits per heavy atom. The Kier molecular flexibility index (Phi) is 9.22. The topological polar surface area (TPSA) is 123 Å². The highest BCUT2D eigenvalue weighted by Gasteiger charge is 2.19. The maximum absolute atomic E-state index is 12.4. The molecule has 0 saturated carbocycles. The zero-order valence-electron chi connectivity index (χ0n) is 15.8. The van der Waals surface area contributed by atoms with E-state index in [-0.39, 0.29) is 12.5 Å². The van der Waals surface area contributed by atoms with E-state index in [1.165, 1.54) is 6.07 Å². The first kappa shape index (κ1) is 22.7. The molecule has 0 fully saturated rings. The summed E-state index contributed by atoms with van der Waals surface area (Å²) in [7, 11) is -2.08. The van der Waals surface area contributed by atoms with Crippen molar-refractivity contribution in [1.82, 2.24) is 9.97 Å². The van der Waals surface area contributed by atoms with Gasteiger partial charge in [0, 0.05) is 36.5 Å². The minimum atomic E-state index is -3.67.